The fourth-order valence-electron chi connectivity index (χ4n) is 2.35. The molecule has 1 aliphatic rings. The van der Waals surface area contributed by atoms with Gasteiger partial charge >= 0.3 is 0 Å². The molecule has 1 aliphatic heterocycles. The third-order valence-electron chi connectivity index (χ3n) is 3.28. The zero-order chi connectivity index (χ0) is 11.5. The second kappa shape index (κ2) is 5.63. The van der Waals surface area contributed by atoms with Crippen molar-refractivity contribution in [1.82, 2.24) is 10.4 Å². The highest BCUT2D eigenvalue weighted by atomic mass is 79.9. The van der Waals surface area contributed by atoms with Crippen molar-refractivity contribution in [1.29, 1.82) is 0 Å². The van der Waals surface area contributed by atoms with E-state index >= 15 is 0 Å². The summed E-state index contributed by atoms with van der Waals surface area (Å²) in [6.07, 6.45) is 3.99. The van der Waals surface area contributed by atoms with Gasteiger partial charge in [0.05, 0.1) is 3.79 Å². The van der Waals surface area contributed by atoms with Crippen LogP contribution in [0.2, 0.25) is 0 Å². The van der Waals surface area contributed by atoms with Crippen LogP contribution in [0.3, 0.4) is 0 Å². The van der Waals surface area contributed by atoms with Crippen LogP contribution < -0.4 is 5.43 Å². The standard InChI is InChI=1S/C12H19BrN2S/c1-9-4-3-5-10(2)15(9)14-7-11-6-12(13)16-8-11/h6,8-10,14H,3-5,7H2,1-2H3. The molecule has 2 nitrogen and oxygen atoms in total. The molecular weight excluding hydrogens is 284 g/mol. The SMILES string of the molecule is CC1CCCC(C)N1NCc1csc(Br)c1. The second-order valence-corrected chi connectivity index (χ2v) is 6.92. The molecule has 0 saturated carbocycles. The first-order valence-electron chi connectivity index (χ1n) is 5.91. The Morgan fingerprint density at radius 3 is 2.69 bits per heavy atom. The Kier molecular flexibility index (Phi) is 4.41. The Hall–Kier alpha value is 0.100. The average Bonchev–Trinajstić information content (AvgIpc) is 2.63. The summed E-state index contributed by atoms with van der Waals surface area (Å²) in [5.74, 6) is 0. The lowest BCUT2D eigenvalue weighted by atomic mass is 10.00. The van der Waals surface area contributed by atoms with Crippen LogP contribution in [0.25, 0.3) is 0 Å². The van der Waals surface area contributed by atoms with E-state index in [1.54, 1.807) is 11.3 Å². The molecule has 0 spiro atoms. The van der Waals surface area contributed by atoms with Crippen molar-refractivity contribution in [3.8, 4) is 0 Å². The molecule has 0 amide bonds. The topological polar surface area (TPSA) is 15.3 Å². The summed E-state index contributed by atoms with van der Waals surface area (Å²) in [5, 5.41) is 4.63. The number of hydrogen-bond acceptors (Lipinski definition) is 3. The summed E-state index contributed by atoms with van der Waals surface area (Å²) >= 11 is 5.25. The van der Waals surface area contributed by atoms with Crippen molar-refractivity contribution in [2.24, 2.45) is 0 Å². The molecule has 2 atom stereocenters. The van der Waals surface area contributed by atoms with E-state index in [4.69, 9.17) is 0 Å². The maximum absolute atomic E-state index is 3.57. The second-order valence-electron chi connectivity index (χ2n) is 4.63. The third kappa shape index (κ3) is 3.06. The van der Waals surface area contributed by atoms with Gasteiger partial charge in [0.25, 0.3) is 0 Å². The molecule has 1 N–H and O–H groups in total. The molecule has 1 aromatic heterocycles. The summed E-state index contributed by atoms with van der Waals surface area (Å²) < 4.78 is 1.21. The summed E-state index contributed by atoms with van der Waals surface area (Å²) in [4.78, 5) is 0. The number of thiophene rings is 1. The first-order chi connectivity index (χ1) is 7.66. The first-order valence-corrected chi connectivity index (χ1v) is 7.59. The molecule has 0 radical (unpaired) electrons. The van der Waals surface area contributed by atoms with Crippen LogP contribution in [0.1, 0.15) is 38.7 Å². The number of nitrogens with zero attached hydrogens (tertiary/aromatic N) is 1. The van der Waals surface area contributed by atoms with E-state index in [9.17, 15) is 0 Å². The predicted octanol–water partition coefficient (Wildman–Crippen LogP) is 3.78. The van der Waals surface area contributed by atoms with Crippen molar-refractivity contribution < 1.29 is 0 Å². The molecule has 90 valence electrons. The van der Waals surface area contributed by atoms with Gasteiger partial charge in [-0.15, -0.1) is 11.3 Å². The monoisotopic (exact) mass is 302 g/mol. The normalized spacial score (nSPS) is 27.2. The largest absolute Gasteiger partial charge is 0.250 e. The van der Waals surface area contributed by atoms with Crippen LogP contribution in [0.4, 0.5) is 0 Å². The molecule has 0 aliphatic carbocycles. The molecule has 0 aromatic carbocycles. The van der Waals surface area contributed by atoms with Crippen LogP contribution in [0.15, 0.2) is 15.2 Å². The average molecular weight is 303 g/mol. The Balaban J connectivity index is 1.88. The van der Waals surface area contributed by atoms with Crippen LogP contribution in [-0.4, -0.2) is 17.1 Å². The Morgan fingerprint density at radius 2 is 2.12 bits per heavy atom. The van der Waals surface area contributed by atoms with Gasteiger partial charge in [0.1, 0.15) is 0 Å². The number of piperidine rings is 1. The molecule has 0 bridgehead atoms. The molecule has 16 heavy (non-hydrogen) atoms. The highest BCUT2D eigenvalue weighted by Gasteiger charge is 2.24. The van der Waals surface area contributed by atoms with E-state index in [-0.39, 0.29) is 0 Å². The lowest BCUT2D eigenvalue weighted by Gasteiger charge is -2.39. The molecule has 1 fully saturated rings. The molecule has 2 rings (SSSR count). The van der Waals surface area contributed by atoms with E-state index in [0.29, 0.717) is 12.1 Å². The smallest absolute Gasteiger partial charge is 0.0701 e. The van der Waals surface area contributed by atoms with E-state index in [1.807, 2.05) is 0 Å². The van der Waals surface area contributed by atoms with Gasteiger partial charge in [0.2, 0.25) is 0 Å². The zero-order valence-electron chi connectivity index (χ0n) is 9.87. The van der Waals surface area contributed by atoms with E-state index in [0.717, 1.165) is 6.54 Å². The van der Waals surface area contributed by atoms with Gasteiger partial charge in [-0.25, -0.2) is 5.01 Å². The minimum absolute atomic E-state index is 0.658. The van der Waals surface area contributed by atoms with E-state index < -0.39 is 0 Å². The van der Waals surface area contributed by atoms with Crippen molar-refractivity contribution >= 4 is 27.3 Å². The lowest BCUT2D eigenvalue weighted by Crippen LogP contribution is -2.51. The first kappa shape index (κ1) is 12.6. The van der Waals surface area contributed by atoms with Crippen molar-refractivity contribution in [2.45, 2.75) is 51.7 Å². The van der Waals surface area contributed by atoms with Crippen LogP contribution in [-0.2, 0) is 6.54 Å². The van der Waals surface area contributed by atoms with Gasteiger partial charge in [-0.05, 0) is 59.6 Å². The number of hydrazine groups is 1. The van der Waals surface area contributed by atoms with Crippen molar-refractivity contribution in [2.75, 3.05) is 0 Å². The molecule has 1 saturated heterocycles. The minimum Gasteiger partial charge on any atom is -0.250 e. The quantitative estimate of drug-likeness (QED) is 0.914. The number of rotatable bonds is 3. The molecule has 2 unspecified atom stereocenters. The molecule has 4 heteroatoms. The van der Waals surface area contributed by atoms with Gasteiger partial charge in [-0.3, -0.25) is 5.43 Å². The molecular formula is C12H19BrN2S. The fraction of sp³-hybridized carbons (Fsp3) is 0.667. The Morgan fingerprint density at radius 1 is 1.44 bits per heavy atom. The zero-order valence-corrected chi connectivity index (χ0v) is 12.3. The fourth-order valence-corrected chi connectivity index (χ4v) is 3.56. The predicted molar refractivity (Wildman–Crippen MR) is 73.5 cm³/mol. The maximum atomic E-state index is 3.57. The van der Waals surface area contributed by atoms with Gasteiger partial charge in [-0.2, -0.15) is 0 Å². The molecule has 1 aromatic rings. The van der Waals surface area contributed by atoms with Crippen molar-refractivity contribution in [3.63, 3.8) is 0 Å². The summed E-state index contributed by atoms with van der Waals surface area (Å²) in [6, 6.07) is 3.51. The van der Waals surface area contributed by atoms with E-state index in [2.05, 4.69) is 51.7 Å². The summed E-state index contributed by atoms with van der Waals surface area (Å²) in [6.45, 7) is 5.56. The number of hydrogen-bond donors (Lipinski definition) is 1. The van der Waals surface area contributed by atoms with Crippen LogP contribution in [0, 0.1) is 0 Å². The van der Waals surface area contributed by atoms with Crippen LogP contribution in [0.5, 0.6) is 0 Å². The maximum Gasteiger partial charge on any atom is 0.0701 e. The van der Waals surface area contributed by atoms with E-state index in [1.165, 1.54) is 28.6 Å². The highest BCUT2D eigenvalue weighted by molar-refractivity contribution is 9.11. The Labute approximate surface area is 110 Å². The van der Waals surface area contributed by atoms with Gasteiger partial charge in [0.15, 0.2) is 0 Å². The highest BCUT2D eigenvalue weighted by Crippen LogP contribution is 2.23. The van der Waals surface area contributed by atoms with Crippen LogP contribution >= 0.6 is 27.3 Å². The Bertz CT molecular complexity index is 330. The lowest BCUT2D eigenvalue weighted by molar-refractivity contribution is 0.0436. The van der Waals surface area contributed by atoms with Gasteiger partial charge in [0, 0.05) is 18.6 Å². The van der Waals surface area contributed by atoms with Gasteiger partial charge in [-0.1, -0.05) is 6.42 Å². The summed E-state index contributed by atoms with van der Waals surface area (Å²) in [5.41, 5.74) is 4.93. The number of nitrogens with one attached hydrogen (secondary N) is 1. The summed E-state index contributed by atoms with van der Waals surface area (Å²) in [7, 11) is 0. The third-order valence-corrected chi connectivity index (χ3v) is 4.83. The number of halogens is 1. The van der Waals surface area contributed by atoms with Gasteiger partial charge < -0.3 is 0 Å². The molecule has 2 heterocycles. The minimum atomic E-state index is 0.658. The van der Waals surface area contributed by atoms with Crippen molar-refractivity contribution in [3.05, 3.63) is 20.8 Å².